The number of carbonyl (C=O) groups excluding carboxylic acids is 1. The van der Waals surface area contributed by atoms with Crippen molar-refractivity contribution >= 4 is 5.91 Å². The molecule has 138 valence electrons. The average molecular weight is 363 g/mol. The molecular formula is C20H20F3NO2. The topological polar surface area (TPSA) is 29.5 Å². The van der Waals surface area contributed by atoms with Crippen LogP contribution < -0.4 is 4.74 Å². The molecule has 0 saturated heterocycles. The molecule has 6 heteroatoms. The fourth-order valence-corrected chi connectivity index (χ4v) is 3.25. The Balaban J connectivity index is 1.66. The molecule has 1 amide bonds. The largest absolute Gasteiger partial charge is 0.573 e. The number of likely N-dealkylation sites (N-methyl/N-ethyl adjacent to an activating group) is 1. The van der Waals surface area contributed by atoms with Gasteiger partial charge in [-0.3, -0.25) is 4.79 Å². The highest BCUT2D eigenvalue weighted by atomic mass is 19.4. The zero-order valence-electron chi connectivity index (χ0n) is 14.5. The predicted octanol–water partition coefficient (Wildman–Crippen LogP) is 4.28. The van der Waals surface area contributed by atoms with E-state index in [-0.39, 0.29) is 24.6 Å². The van der Waals surface area contributed by atoms with Gasteiger partial charge in [-0.15, -0.1) is 13.2 Å². The fourth-order valence-electron chi connectivity index (χ4n) is 3.25. The van der Waals surface area contributed by atoms with Crippen LogP contribution in [0.5, 0.6) is 5.75 Å². The number of halogens is 3. The van der Waals surface area contributed by atoms with Gasteiger partial charge < -0.3 is 9.64 Å². The molecule has 3 rings (SSSR count). The van der Waals surface area contributed by atoms with Gasteiger partial charge in [-0.2, -0.15) is 0 Å². The van der Waals surface area contributed by atoms with Gasteiger partial charge in [0.2, 0.25) is 5.91 Å². The summed E-state index contributed by atoms with van der Waals surface area (Å²) in [6.07, 6.45) is -1.27. The number of benzene rings is 2. The summed E-state index contributed by atoms with van der Waals surface area (Å²) in [6, 6.07) is 12.0. The molecule has 1 aliphatic rings. The molecule has 0 saturated carbocycles. The van der Waals surface area contributed by atoms with E-state index in [1.807, 2.05) is 6.07 Å². The second-order valence-corrected chi connectivity index (χ2v) is 6.54. The van der Waals surface area contributed by atoms with Gasteiger partial charge >= 0.3 is 6.36 Å². The van der Waals surface area contributed by atoms with Crippen molar-refractivity contribution in [2.45, 2.75) is 38.6 Å². The van der Waals surface area contributed by atoms with Crippen molar-refractivity contribution in [3.05, 3.63) is 64.7 Å². The van der Waals surface area contributed by atoms with Crippen molar-refractivity contribution in [2.24, 2.45) is 0 Å². The fraction of sp³-hybridized carbons (Fsp3) is 0.350. The number of para-hydroxylation sites is 1. The smallest absolute Gasteiger partial charge is 0.405 e. The maximum Gasteiger partial charge on any atom is 0.573 e. The summed E-state index contributed by atoms with van der Waals surface area (Å²) in [4.78, 5) is 13.9. The van der Waals surface area contributed by atoms with Crippen LogP contribution in [0.1, 0.15) is 28.7 Å². The Labute approximate surface area is 150 Å². The maximum absolute atomic E-state index is 12.5. The summed E-state index contributed by atoms with van der Waals surface area (Å²) < 4.78 is 41.6. The second-order valence-electron chi connectivity index (χ2n) is 6.54. The zero-order valence-corrected chi connectivity index (χ0v) is 14.5. The molecule has 0 radical (unpaired) electrons. The quantitative estimate of drug-likeness (QED) is 0.794. The molecule has 0 unspecified atom stereocenters. The lowest BCUT2D eigenvalue weighted by molar-refractivity contribution is -0.275. The highest BCUT2D eigenvalue weighted by molar-refractivity contribution is 5.78. The van der Waals surface area contributed by atoms with Crippen LogP contribution in [0.15, 0.2) is 42.5 Å². The molecule has 0 N–H and O–H groups in total. The van der Waals surface area contributed by atoms with E-state index in [4.69, 9.17) is 0 Å². The van der Waals surface area contributed by atoms with Gasteiger partial charge in [0.1, 0.15) is 5.75 Å². The van der Waals surface area contributed by atoms with Crippen LogP contribution in [0.4, 0.5) is 13.2 Å². The third-order valence-corrected chi connectivity index (χ3v) is 4.55. The number of alkyl halides is 3. The minimum Gasteiger partial charge on any atom is -0.405 e. The van der Waals surface area contributed by atoms with Crippen LogP contribution >= 0.6 is 0 Å². The van der Waals surface area contributed by atoms with Crippen molar-refractivity contribution in [1.29, 1.82) is 0 Å². The van der Waals surface area contributed by atoms with Gasteiger partial charge in [0.25, 0.3) is 0 Å². The van der Waals surface area contributed by atoms with Crippen LogP contribution in [-0.2, 0) is 30.6 Å². The van der Waals surface area contributed by atoms with Crippen molar-refractivity contribution in [3.8, 4) is 5.75 Å². The Morgan fingerprint density at radius 1 is 1.12 bits per heavy atom. The second kappa shape index (κ2) is 7.40. The molecule has 0 spiro atoms. The van der Waals surface area contributed by atoms with Crippen molar-refractivity contribution in [1.82, 2.24) is 4.90 Å². The van der Waals surface area contributed by atoms with Gasteiger partial charge in [-0.05, 0) is 42.0 Å². The number of ether oxygens (including phenoxy) is 1. The number of nitrogens with zero attached hydrogens (tertiary/aromatic N) is 1. The predicted molar refractivity (Wildman–Crippen MR) is 91.8 cm³/mol. The Kier molecular flexibility index (Phi) is 5.20. The zero-order chi connectivity index (χ0) is 18.7. The molecule has 26 heavy (non-hydrogen) atoms. The van der Waals surface area contributed by atoms with Gasteiger partial charge in [0.05, 0.1) is 6.42 Å². The van der Waals surface area contributed by atoms with Gasteiger partial charge in [0.15, 0.2) is 0 Å². The molecule has 0 fully saturated rings. The summed E-state index contributed by atoms with van der Waals surface area (Å²) in [5, 5.41) is 0. The molecular weight excluding hydrogens is 343 g/mol. The monoisotopic (exact) mass is 363 g/mol. The number of carbonyl (C=O) groups is 1. The molecule has 1 aliphatic carbocycles. The van der Waals surface area contributed by atoms with Crippen molar-refractivity contribution < 1.29 is 22.7 Å². The Bertz CT molecular complexity index is 802. The number of amides is 1. The Morgan fingerprint density at radius 2 is 1.85 bits per heavy atom. The van der Waals surface area contributed by atoms with Crippen molar-refractivity contribution in [3.63, 3.8) is 0 Å². The van der Waals surface area contributed by atoms with Gasteiger partial charge in [-0.25, -0.2) is 0 Å². The molecule has 0 bridgehead atoms. The summed E-state index contributed by atoms with van der Waals surface area (Å²) in [7, 11) is 1.58. The summed E-state index contributed by atoms with van der Waals surface area (Å²) in [5.74, 6) is -0.429. The third-order valence-electron chi connectivity index (χ3n) is 4.55. The van der Waals surface area contributed by atoms with E-state index in [1.165, 1.54) is 34.2 Å². The highest BCUT2D eigenvalue weighted by Crippen LogP contribution is 2.27. The van der Waals surface area contributed by atoms with Gasteiger partial charge in [-0.1, -0.05) is 36.4 Å². The SMILES string of the molecule is CN(Cc1ccccc1OC(F)(F)F)C(=O)Cc1ccc2c(c1)CCC2. The van der Waals surface area contributed by atoms with E-state index in [0.29, 0.717) is 5.56 Å². The number of hydrogen-bond donors (Lipinski definition) is 0. The van der Waals surface area contributed by atoms with Crippen LogP contribution in [0.25, 0.3) is 0 Å². The highest BCUT2D eigenvalue weighted by Gasteiger charge is 2.32. The summed E-state index contributed by atoms with van der Waals surface area (Å²) >= 11 is 0. The van der Waals surface area contributed by atoms with E-state index in [2.05, 4.69) is 16.9 Å². The first-order valence-corrected chi connectivity index (χ1v) is 8.50. The molecule has 2 aromatic rings. The lowest BCUT2D eigenvalue weighted by atomic mass is 10.0. The van der Waals surface area contributed by atoms with Crippen LogP contribution in [0, 0.1) is 0 Å². The first-order chi connectivity index (χ1) is 12.3. The van der Waals surface area contributed by atoms with E-state index >= 15 is 0 Å². The normalized spacial score (nSPS) is 13.4. The molecule has 0 aliphatic heterocycles. The average Bonchev–Trinajstić information content (AvgIpc) is 3.03. The summed E-state index contributed by atoms with van der Waals surface area (Å²) in [5.41, 5.74) is 3.88. The number of hydrogen-bond acceptors (Lipinski definition) is 2. The molecule has 3 nitrogen and oxygen atoms in total. The van der Waals surface area contributed by atoms with E-state index in [9.17, 15) is 18.0 Å². The lowest BCUT2D eigenvalue weighted by Gasteiger charge is -2.20. The van der Waals surface area contributed by atoms with Crippen molar-refractivity contribution in [2.75, 3.05) is 7.05 Å². The van der Waals surface area contributed by atoms with E-state index in [1.54, 1.807) is 13.1 Å². The minimum absolute atomic E-state index is 0.0516. The number of fused-ring (bicyclic) bond motifs is 1. The lowest BCUT2D eigenvalue weighted by Crippen LogP contribution is -2.28. The minimum atomic E-state index is -4.76. The van der Waals surface area contributed by atoms with Gasteiger partial charge in [0, 0.05) is 19.2 Å². The molecule has 0 aromatic heterocycles. The number of aryl methyl sites for hydroxylation is 2. The Hall–Kier alpha value is -2.50. The first-order valence-electron chi connectivity index (χ1n) is 8.50. The molecule has 2 aromatic carbocycles. The van der Waals surface area contributed by atoms with Crippen LogP contribution in [0.2, 0.25) is 0 Å². The van der Waals surface area contributed by atoms with E-state index < -0.39 is 6.36 Å². The Morgan fingerprint density at radius 3 is 2.62 bits per heavy atom. The standard InChI is InChI=1S/C20H20F3NO2/c1-24(13-17-5-2-3-8-18(17)26-20(21,22)23)19(25)12-14-9-10-15-6-4-7-16(15)11-14/h2-3,5,8-11H,4,6-7,12-13H2,1H3. The first kappa shape index (κ1) is 18.3. The third kappa shape index (κ3) is 4.56. The number of rotatable bonds is 5. The maximum atomic E-state index is 12.5. The molecule has 0 heterocycles. The van der Waals surface area contributed by atoms with Crippen LogP contribution in [0.3, 0.4) is 0 Å². The molecule has 0 atom stereocenters. The summed E-state index contributed by atoms with van der Waals surface area (Å²) in [6.45, 7) is 0.0516. The van der Waals surface area contributed by atoms with Crippen LogP contribution in [-0.4, -0.2) is 24.2 Å². The van der Waals surface area contributed by atoms with E-state index in [0.717, 1.165) is 24.8 Å².